The highest BCUT2D eigenvalue weighted by molar-refractivity contribution is 6.40. The summed E-state index contributed by atoms with van der Waals surface area (Å²) in [4.78, 5) is 38.5. The number of nitrogens with one attached hydrogen (secondary N) is 1. The SMILES string of the molecule is COc1ccc(N2C(=O)NC(=O)/C(=C\c3cc(Cl)c(OCC(C)C)c(Cl)c3)C2=O)cc1. The van der Waals surface area contributed by atoms with Gasteiger partial charge in [0.1, 0.15) is 11.3 Å². The first kappa shape index (κ1) is 22.7. The number of ether oxygens (including phenoxy) is 2. The van der Waals surface area contributed by atoms with Crippen molar-refractivity contribution < 1.29 is 23.9 Å². The second kappa shape index (κ2) is 9.41. The Balaban J connectivity index is 1.94. The summed E-state index contributed by atoms with van der Waals surface area (Å²) in [6, 6.07) is 8.51. The van der Waals surface area contributed by atoms with Crippen LogP contribution in [-0.2, 0) is 9.59 Å². The Bertz CT molecular complexity index is 1040. The van der Waals surface area contributed by atoms with Gasteiger partial charge in [-0.05, 0) is 54.0 Å². The molecule has 1 saturated heterocycles. The molecule has 0 bridgehead atoms. The normalized spacial score (nSPS) is 15.5. The van der Waals surface area contributed by atoms with E-state index in [4.69, 9.17) is 32.7 Å². The van der Waals surface area contributed by atoms with Gasteiger partial charge in [-0.3, -0.25) is 14.9 Å². The Morgan fingerprint density at radius 2 is 1.68 bits per heavy atom. The number of hydrogen-bond donors (Lipinski definition) is 1. The maximum atomic E-state index is 13.0. The van der Waals surface area contributed by atoms with Crippen LogP contribution in [0, 0.1) is 5.92 Å². The fraction of sp³-hybridized carbons (Fsp3) is 0.227. The molecule has 0 unspecified atom stereocenters. The maximum Gasteiger partial charge on any atom is 0.335 e. The van der Waals surface area contributed by atoms with Crippen molar-refractivity contribution in [2.75, 3.05) is 18.6 Å². The number of benzene rings is 2. The van der Waals surface area contributed by atoms with Crippen LogP contribution in [0.15, 0.2) is 42.0 Å². The van der Waals surface area contributed by atoms with Gasteiger partial charge in [0.2, 0.25) is 0 Å². The molecule has 1 heterocycles. The van der Waals surface area contributed by atoms with E-state index in [0.717, 1.165) is 4.90 Å². The molecule has 7 nitrogen and oxygen atoms in total. The summed E-state index contributed by atoms with van der Waals surface area (Å²) in [5.74, 6) is -0.421. The first-order chi connectivity index (χ1) is 14.7. The van der Waals surface area contributed by atoms with Crippen LogP contribution < -0.4 is 19.7 Å². The van der Waals surface area contributed by atoms with Crippen molar-refractivity contribution in [2.45, 2.75) is 13.8 Å². The van der Waals surface area contributed by atoms with E-state index in [0.29, 0.717) is 23.7 Å². The molecular formula is C22H20Cl2N2O5. The number of rotatable bonds is 6. The zero-order valence-corrected chi connectivity index (χ0v) is 18.6. The lowest BCUT2D eigenvalue weighted by Gasteiger charge is -2.26. The Morgan fingerprint density at radius 1 is 1.06 bits per heavy atom. The quantitative estimate of drug-likeness (QED) is 0.496. The van der Waals surface area contributed by atoms with Gasteiger partial charge in [0.25, 0.3) is 11.8 Å². The molecule has 0 spiro atoms. The van der Waals surface area contributed by atoms with Gasteiger partial charge in [0, 0.05) is 0 Å². The smallest absolute Gasteiger partial charge is 0.335 e. The zero-order chi connectivity index (χ0) is 22.7. The molecule has 0 radical (unpaired) electrons. The summed E-state index contributed by atoms with van der Waals surface area (Å²) < 4.78 is 10.7. The molecule has 3 rings (SSSR count). The summed E-state index contributed by atoms with van der Waals surface area (Å²) in [5.41, 5.74) is 0.461. The molecule has 2 aromatic carbocycles. The van der Waals surface area contributed by atoms with Gasteiger partial charge < -0.3 is 9.47 Å². The van der Waals surface area contributed by atoms with E-state index < -0.39 is 17.8 Å². The van der Waals surface area contributed by atoms with E-state index >= 15 is 0 Å². The van der Waals surface area contributed by atoms with Crippen molar-refractivity contribution in [3.05, 3.63) is 57.6 Å². The number of imide groups is 2. The molecule has 1 fully saturated rings. The van der Waals surface area contributed by atoms with Gasteiger partial charge in [0.05, 0.1) is 29.4 Å². The number of carbonyl (C=O) groups excluding carboxylic acids is 3. The highest BCUT2D eigenvalue weighted by atomic mass is 35.5. The lowest BCUT2D eigenvalue weighted by Crippen LogP contribution is -2.54. The highest BCUT2D eigenvalue weighted by Crippen LogP contribution is 2.35. The third-order valence-corrected chi connectivity index (χ3v) is 4.89. The number of methoxy groups -OCH3 is 1. The molecular weight excluding hydrogens is 443 g/mol. The number of urea groups is 1. The average Bonchev–Trinajstić information content (AvgIpc) is 2.70. The van der Waals surface area contributed by atoms with Crippen molar-refractivity contribution in [3.63, 3.8) is 0 Å². The summed E-state index contributed by atoms with van der Waals surface area (Å²) in [6.07, 6.45) is 1.32. The number of nitrogens with zero attached hydrogens (tertiary/aromatic N) is 1. The summed E-state index contributed by atoms with van der Waals surface area (Å²) in [6.45, 7) is 4.41. The van der Waals surface area contributed by atoms with E-state index in [1.54, 1.807) is 24.3 Å². The standard InChI is InChI=1S/C22H20Cl2N2O5/c1-12(2)11-31-19-17(23)9-13(10-18(19)24)8-16-20(27)25-22(29)26(21(16)28)14-4-6-15(30-3)7-5-14/h4-10,12H,11H2,1-3H3,(H,25,27,29)/b16-8+. The van der Waals surface area contributed by atoms with E-state index in [1.165, 1.54) is 25.3 Å². The van der Waals surface area contributed by atoms with E-state index in [9.17, 15) is 14.4 Å². The third kappa shape index (κ3) is 5.00. The van der Waals surface area contributed by atoms with Crippen molar-refractivity contribution in [3.8, 4) is 11.5 Å². The fourth-order valence-electron chi connectivity index (χ4n) is 2.84. The first-order valence-corrected chi connectivity index (χ1v) is 10.1. The van der Waals surface area contributed by atoms with Crippen molar-refractivity contribution in [1.29, 1.82) is 0 Å². The second-order valence-electron chi connectivity index (χ2n) is 7.17. The van der Waals surface area contributed by atoms with Crippen LogP contribution >= 0.6 is 23.2 Å². The van der Waals surface area contributed by atoms with Gasteiger partial charge in [0.15, 0.2) is 5.75 Å². The first-order valence-electron chi connectivity index (χ1n) is 9.38. The highest BCUT2D eigenvalue weighted by Gasteiger charge is 2.36. The molecule has 9 heteroatoms. The minimum Gasteiger partial charge on any atom is -0.497 e. The maximum absolute atomic E-state index is 13.0. The molecule has 4 amide bonds. The van der Waals surface area contributed by atoms with E-state index in [2.05, 4.69) is 5.32 Å². The van der Waals surface area contributed by atoms with Gasteiger partial charge in [-0.15, -0.1) is 0 Å². The molecule has 0 aromatic heterocycles. The number of barbiturate groups is 1. The molecule has 2 aromatic rings. The van der Waals surface area contributed by atoms with Crippen LogP contribution in [0.4, 0.5) is 10.5 Å². The number of amides is 4. The molecule has 1 aliphatic rings. The van der Waals surface area contributed by atoms with Crippen LogP contribution in [-0.4, -0.2) is 31.6 Å². The molecule has 0 saturated carbocycles. The molecule has 0 atom stereocenters. The topological polar surface area (TPSA) is 84.9 Å². The Kier molecular flexibility index (Phi) is 6.87. The van der Waals surface area contributed by atoms with Gasteiger partial charge in [-0.1, -0.05) is 37.0 Å². The van der Waals surface area contributed by atoms with Crippen LogP contribution in [0.25, 0.3) is 6.08 Å². The Labute approximate surface area is 189 Å². The largest absolute Gasteiger partial charge is 0.497 e. The molecule has 1 aliphatic heterocycles. The number of anilines is 1. The van der Waals surface area contributed by atoms with Gasteiger partial charge in [-0.25, -0.2) is 9.69 Å². The van der Waals surface area contributed by atoms with Gasteiger partial charge >= 0.3 is 6.03 Å². The van der Waals surface area contributed by atoms with Crippen molar-refractivity contribution in [2.24, 2.45) is 5.92 Å². The van der Waals surface area contributed by atoms with E-state index in [1.807, 2.05) is 13.8 Å². The minimum atomic E-state index is -0.842. The summed E-state index contributed by atoms with van der Waals surface area (Å²) in [5, 5.41) is 2.65. The van der Waals surface area contributed by atoms with Crippen LogP contribution in [0.1, 0.15) is 19.4 Å². The van der Waals surface area contributed by atoms with Crippen molar-refractivity contribution in [1.82, 2.24) is 5.32 Å². The number of hydrogen-bond acceptors (Lipinski definition) is 5. The molecule has 0 aliphatic carbocycles. The zero-order valence-electron chi connectivity index (χ0n) is 17.1. The summed E-state index contributed by atoms with van der Waals surface area (Å²) in [7, 11) is 1.50. The molecule has 31 heavy (non-hydrogen) atoms. The monoisotopic (exact) mass is 462 g/mol. The van der Waals surface area contributed by atoms with Crippen LogP contribution in [0.3, 0.4) is 0 Å². The summed E-state index contributed by atoms with van der Waals surface area (Å²) >= 11 is 12.6. The minimum absolute atomic E-state index is 0.238. The van der Waals surface area contributed by atoms with E-state index in [-0.39, 0.29) is 27.2 Å². The molecule has 162 valence electrons. The predicted molar refractivity (Wildman–Crippen MR) is 119 cm³/mol. The van der Waals surface area contributed by atoms with Crippen molar-refractivity contribution >= 4 is 52.8 Å². The predicted octanol–water partition coefficient (Wildman–Crippen LogP) is 4.70. The Hall–Kier alpha value is -3.03. The van der Waals surface area contributed by atoms with Crippen LogP contribution in [0.5, 0.6) is 11.5 Å². The van der Waals surface area contributed by atoms with Gasteiger partial charge in [-0.2, -0.15) is 0 Å². The average molecular weight is 463 g/mol. The Morgan fingerprint density at radius 3 is 2.23 bits per heavy atom. The third-order valence-electron chi connectivity index (χ3n) is 4.32. The lowest BCUT2D eigenvalue weighted by atomic mass is 10.1. The number of halogens is 2. The second-order valence-corrected chi connectivity index (χ2v) is 7.99. The number of carbonyl (C=O) groups is 3. The molecule has 1 N–H and O–H groups in total. The lowest BCUT2D eigenvalue weighted by molar-refractivity contribution is -0.122. The van der Waals surface area contributed by atoms with Crippen LogP contribution in [0.2, 0.25) is 10.0 Å². The fourth-order valence-corrected chi connectivity index (χ4v) is 3.45.